The van der Waals surface area contributed by atoms with E-state index in [9.17, 15) is 14.4 Å². The first-order valence-corrected chi connectivity index (χ1v) is 4.99. The van der Waals surface area contributed by atoms with E-state index in [1.165, 1.54) is 25.7 Å². The van der Waals surface area contributed by atoms with Crippen molar-refractivity contribution in [3.8, 4) is 0 Å². The van der Waals surface area contributed by atoms with Crippen molar-refractivity contribution in [2.45, 2.75) is 27.7 Å². The van der Waals surface area contributed by atoms with Crippen LogP contribution in [0.3, 0.4) is 0 Å². The number of Topliss-reactive ketones (excluding diaryl/α,β-unsaturated/α-hetero) is 2. The first kappa shape index (κ1) is 17.0. The molecule has 0 rings (SSSR count). The highest BCUT2D eigenvalue weighted by molar-refractivity contribution is 5.99. The Morgan fingerprint density at radius 2 is 1.38 bits per heavy atom. The lowest BCUT2D eigenvalue weighted by atomic mass is 9.96. The lowest BCUT2D eigenvalue weighted by molar-refractivity contribution is -0.126. The summed E-state index contributed by atoms with van der Waals surface area (Å²) < 4.78 is 0. The summed E-state index contributed by atoms with van der Waals surface area (Å²) in [5.74, 6) is -0.351. The normalized spacial score (nSPS) is 10.6. The van der Waals surface area contributed by atoms with Gasteiger partial charge in [-0.3, -0.25) is 14.4 Å². The molecule has 0 aliphatic heterocycles. The lowest BCUT2D eigenvalue weighted by Gasteiger charge is -2.06. The van der Waals surface area contributed by atoms with Crippen LogP contribution >= 0.6 is 0 Å². The fraction of sp³-hybridized carbons (Fsp3) is 0.583. The molecule has 0 fully saturated rings. The van der Waals surface area contributed by atoms with Gasteiger partial charge in [-0.1, -0.05) is 13.5 Å². The van der Waals surface area contributed by atoms with Crippen LogP contribution in [0.4, 0.5) is 0 Å². The zero-order valence-electron chi connectivity index (χ0n) is 11.0. The van der Waals surface area contributed by atoms with Crippen molar-refractivity contribution < 1.29 is 14.4 Å². The van der Waals surface area contributed by atoms with Gasteiger partial charge in [0.2, 0.25) is 5.91 Å². The Kier molecular flexibility index (Phi) is 8.26. The predicted molar refractivity (Wildman–Crippen MR) is 64.0 cm³/mol. The summed E-state index contributed by atoms with van der Waals surface area (Å²) in [7, 11) is 3.45. The Morgan fingerprint density at radius 3 is 1.44 bits per heavy atom. The van der Waals surface area contributed by atoms with Gasteiger partial charge in [-0.25, -0.2) is 0 Å². The summed E-state index contributed by atoms with van der Waals surface area (Å²) in [4.78, 5) is 32.9. The van der Waals surface area contributed by atoms with E-state index in [2.05, 4.69) is 6.58 Å². The summed E-state index contributed by atoms with van der Waals surface area (Å²) >= 11 is 0. The standard InChI is InChI=1S/C8H12O2.C4H9NO/c1-5(7(3)9)6(2)8(4)10;1-4(6)5(2)3/h6H,1H2,2-4H3;1-3H3. The van der Waals surface area contributed by atoms with Gasteiger partial charge in [0, 0.05) is 26.9 Å². The predicted octanol–water partition coefficient (Wildman–Crippen LogP) is 1.45. The highest BCUT2D eigenvalue weighted by atomic mass is 16.2. The molecular weight excluding hydrogens is 206 g/mol. The highest BCUT2D eigenvalue weighted by Gasteiger charge is 2.14. The Labute approximate surface area is 97.3 Å². The average molecular weight is 227 g/mol. The number of nitrogens with zero attached hydrogens (tertiary/aromatic N) is 1. The van der Waals surface area contributed by atoms with Gasteiger partial charge >= 0.3 is 0 Å². The second kappa shape index (κ2) is 7.79. The third-order valence-electron chi connectivity index (χ3n) is 2.21. The maximum Gasteiger partial charge on any atom is 0.218 e. The quantitative estimate of drug-likeness (QED) is 0.686. The molecule has 0 radical (unpaired) electrons. The summed E-state index contributed by atoms with van der Waals surface area (Å²) in [6, 6.07) is 0. The van der Waals surface area contributed by atoms with Gasteiger partial charge in [-0.15, -0.1) is 0 Å². The Bertz CT molecular complexity index is 293. The second-order valence-electron chi connectivity index (χ2n) is 3.83. The molecule has 0 aliphatic carbocycles. The minimum atomic E-state index is -0.322. The van der Waals surface area contributed by atoms with E-state index >= 15 is 0 Å². The molecule has 0 heterocycles. The van der Waals surface area contributed by atoms with Crippen LogP contribution in [0.25, 0.3) is 0 Å². The molecule has 0 saturated carbocycles. The zero-order chi connectivity index (χ0) is 13.5. The van der Waals surface area contributed by atoms with E-state index < -0.39 is 0 Å². The molecule has 0 spiro atoms. The molecule has 92 valence electrons. The van der Waals surface area contributed by atoms with Crippen LogP contribution in [-0.4, -0.2) is 36.5 Å². The molecule has 1 atom stereocenters. The maximum absolute atomic E-state index is 10.7. The molecule has 4 nitrogen and oxygen atoms in total. The smallest absolute Gasteiger partial charge is 0.218 e. The third-order valence-corrected chi connectivity index (χ3v) is 2.21. The molecular formula is C12H21NO3. The number of carbonyl (C=O) groups excluding carboxylic acids is 3. The monoisotopic (exact) mass is 227 g/mol. The van der Waals surface area contributed by atoms with Gasteiger partial charge in [-0.2, -0.15) is 0 Å². The average Bonchev–Trinajstić information content (AvgIpc) is 2.15. The van der Waals surface area contributed by atoms with Crippen molar-refractivity contribution in [3.05, 3.63) is 12.2 Å². The molecule has 4 heteroatoms. The molecule has 0 N–H and O–H groups in total. The topological polar surface area (TPSA) is 54.5 Å². The van der Waals surface area contributed by atoms with E-state index in [1.807, 2.05) is 0 Å². The molecule has 16 heavy (non-hydrogen) atoms. The first-order chi connectivity index (χ1) is 7.11. The van der Waals surface area contributed by atoms with Crippen molar-refractivity contribution in [2.75, 3.05) is 14.1 Å². The molecule has 0 aliphatic rings. The van der Waals surface area contributed by atoms with Crippen LogP contribution in [0.1, 0.15) is 27.7 Å². The van der Waals surface area contributed by atoms with Crippen LogP contribution in [-0.2, 0) is 14.4 Å². The number of allylic oxidation sites excluding steroid dienone is 1. The highest BCUT2D eigenvalue weighted by Crippen LogP contribution is 2.09. The van der Waals surface area contributed by atoms with Crippen LogP contribution in [0.5, 0.6) is 0 Å². The summed E-state index contributed by atoms with van der Waals surface area (Å²) in [5, 5.41) is 0. The van der Waals surface area contributed by atoms with Crippen LogP contribution < -0.4 is 0 Å². The molecule has 0 saturated heterocycles. The number of ketones is 2. The van der Waals surface area contributed by atoms with Gasteiger partial charge in [0.15, 0.2) is 5.78 Å². The van der Waals surface area contributed by atoms with Crippen molar-refractivity contribution in [1.82, 2.24) is 4.90 Å². The Hall–Kier alpha value is -1.45. The largest absolute Gasteiger partial charge is 0.349 e. The summed E-state index contributed by atoms with van der Waals surface area (Å²) in [6.45, 7) is 9.59. The van der Waals surface area contributed by atoms with E-state index in [-0.39, 0.29) is 23.4 Å². The lowest BCUT2D eigenvalue weighted by Crippen LogP contribution is -2.17. The van der Waals surface area contributed by atoms with Gasteiger partial charge in [-0.05, 0) is 19.4 Å². The van der Waals surface area contributed by atoms with Crippen molar-refractivity contribution in [3.63, 3.8) is 0 Å². The molecule has 0 aromatic heterocycles. The maximum atomic E-state index is 10.7. The number of rotatable bonds is 3. The van der Waals surface area contributed by atoms with Gasteiger partial charge in [0.05, 0.1) is 0 Å². The minimum absolute atomic E-state index is 0.0137. The molecule has 1 amide bonds. The molecule has 0 bridgehead atoms. The summed E-state index contributed by atoms with van der Waals surface area (Å²) in [6.07, 6.45) is 0. The minimum Gasteiger partial charge on any atom is -0.349 e. The van der Waals surface area contributed by atoms with Crippen LogP contribution in [0.15, 0.2) is 12.2 Å². The van der Waals surface area contributed by atoms with Crippen LogP contribution in [0, 0.1) is 5.92 Å². The Balaban J connectivity index is 0. The van der Waals surface area contributed by atoms with E-state index in [4.69, 9.17) is 0 Å². The molecule has 0 aromatic carbocycles. The first-order valence-electron chi connectivity index (χ1n) is 4.99. The van der Waals surface area contributed by atoms with Crippen molar-refractivity contribution in [2.24, 2.45) is 5.92 Å². The fourth-order valence-electron chi connectivity index (χ4n) is 0.550. The number of amides is 1. The van der Waals surface area contributed by atoms with Crippen molar-refractivity contribution >= 4 is 17.5 Å². The van der Waals surface area contributed by atoms with Crippen molar-refractivity contribution in [1.29, 1.82) is 0 Å². The third kappa shape index (κ3) is 7.91. The molecule has 0 aromatic rings. The number of carbonyl (C=O) groups is 3. The zero-order valence-corrected chi connectivity index (χ0v) is 11.0. The summed E-state index contributed by atoms with van der Waals surface area (Å²) in [5.41, 5.74) is 0.396. The SMILES string of the molecule is C=C(C(C)=O)C(C)C(C)=O.CC(=O)N(C)C. The second-order valence-corrected chi connectivity index (χ2v) is 3.83. The van der Waals surface area contributed by atoms with Crippen LogP contribution in [0.2, 0.25) is 0 Å². The van der Waals surface area contributed by atoms with E-state index in [1.54, 1.807) is 21.0 Å². The fourth-order valence-corrected chi connectivity index (χ4v) is 0.550. The number of hydrogen-bond acceptors (Lipinski definition) is 3. The van der Waals surface area contributed by atoms with Gasteiger partial charge in [0.1, 0.15) is 5.78 Å². The Morgan fingerprint density at radius 1 is 1.06 bits per heavy atom. The van der Waals surface area contributed by atoms with Gasteiger partial charge < -0.3 is 4.90 Å². The molecule has 1 unspecified atom stereocenters. The number of hydrogen-bond donors (Lipinski definition) is 0. The van der Waals surface area contributed by atoms with E-state index in [0.717, 1.165) is 0 Å². The van der Waals surface area contributed by atoms with Gasteiger partial charge in [0.25, 0.3) is 0 Å². The van der Waals surface area contributed by atoms with E-state index in [0.29, 0.717) is 5.57 Å².